The molecule has 1 amide bonds. The van der Waals surface area contributed by atoms with Crippen molar-refractivity contribution in [1.29, 1.82) is 0 Å². The third kappa shape index (κ3) is 6.44. The number of hydrogen-bond donors (Lipinski definition) is 2. The normalized spacial score (nSPS) is 11.4. The van der Waals surface area contributed by atoms with Crippen LogP contribution in [0.15, 0.2) is 119 Å². The van der Waals surface area contributed by atoms with Gasteiger partial charge in [0.05, 0.1) is 32.9 Å². The van der Waals surface area contributed by atoms with E-state index in [1.807, 2.05) is 24.3 Å². The van der Waals surface area contributed by atoms with Crippen molar-refractivity contribution in [1.82, 2.24) is 5.43 Å². The maximum Gasteiger partial charge on any atom is 0.345 e. The molecule has 0 heterocycles. The highest BCUT2D eigenvalue weighted by molar-refractivity contribution is 7.92. The maximum absolute atomic E-state index is 13.1. The second kappa shape index (κ2) is 12.4. The van der Waals surface area contributed by atoms with Gasteiger partial charge >= 0.3 is 5.97 Å². The van der Waals surface area contributed by atoms with E-state index in [1.165, 1.54) is 42.6 Å². The summed E-state index contributed by atoms with van der Waals surface area (Å²) in [5.41, 5.74) is 3.15. The molecular formula is C31H21Cl2N3O5S. The van der Waals surface area contributed by atoms with Crippen molar-refractivity contribution in [2.45, 2.75) is 4.90 Å². The number of nitrogens with zero attached hydrogens (tertiary/aromatic N) is 1. The Kier molecular flexibility index (Phi) is 8.53. The van der Waals surface area contributed by atoms with Crippen LogP contribution in [0, 0.1) is 0 Å². The topological polar surface area (TPSA) is 114 Å². The van der Waals surface area contributed by atoms with Gasteiger partial charge in [-0.15, -0.1) is 0 Å². The fraction of sp³-hybridized carbons (Fsp3) is 0. The van der Waals surface area contributed by atoms with Crippen LogP contribution in [0.2, 0.25) is 10.0 Å². The van der Waals surface area contributed by atoms with E-state index in [4.69, 9.17) is 27.9 Å². The lowest BCUT2D eigenvalue weighted by Crippen LogP contribution is -2.21. The van der Waals surface area contributed by atoms with Gasteiger partial charge in [0, 0.05) is 10.6 Å². The van der Waals surface area contributed by atoms with Gasteiger partial charge in [-0.05, 0) is 65.4 Å². The van der Waals surface area contributed by atoms with Gasteiger partial charge in [-0.25, -0.2) is 18.6 Å². The quantitative estimate of drug-likeness (QED) is 0.0848. The Hall–Kier alpha value is -4.70. The third-order valence-electron chi connectivity index (χ3n) is 6.13. The second-order valence-corrected chi connectivity index (χ2v) is 11.4. The van der Waals surface area contributed by atoms with Gasteiger partial charge < -0.3 is 4.74 Å². The van der Waals surface area contributed by atoms with Crippen LogP contribution in [0.25, 0.3) is 10.8 Å². The number of anilines is 1. The average Bonchev–Trinajstić information content (AvgIpc) is 2.98. The fourth-order valence-electron chi connectivity index (χ4n) is 4.08. The first-order valence-electron chi connectivity index (χ1n) is 12.4. The zero-order valence-corrected chi connectivity index (χ0v) is 24.0. The van der Waals surface area contributed by atoms with Crippen molar-refractivity contribution < 1.29 is 22.7 Å². The summed E-state index contributed by atoms with van der Waals surface area (Å²) in [5, 5.41) is 6.30. The Labute approximate surface area is 251 Å². The van der Waals surface area contributed by atoms with Crippen LogP contribution in [-0.4, -0.2) is 26.5 Å². The van der Waals surface area contributed by atoms with Crippen LogP contribution in [-0.2, 0) is 10.0 Å². The SMILES string of the molecule is O=C(Oc1ccc2ccccc2c1C=NNC(=O)c1ccccc1NS(=O)(=O)c1ccc(Cl)cc1)c1ccccc1Cl. The summed E-state index contributed by atoms with van der Waals surface area (Å²) >= 11 is 12.0. The average molecular weight is 618 g/mol. The molecular weight excluding hydrogens is 597 g/mol. The minimum absolute atomic E-state index is 0.0186. The summed E-state index contributed by atoms with van der Waals surface area (Å²) < 4.78 is 33.9. The Morgan fingerprint density at radius 2 is 1.43 bits per heavy atom. The van der Waals surface area contributed by atoms with Crippen molar-refractivity contribution in [3.63, 3.8) is 0 Å². The maximum atomic E-state index is 13.1. The first kappa shape index (κ1) is 28.8. The molecule has 11 heteroatoms. The van der Waals surface area contributed by atoms with E-state index in [2.05, 4.69) is 15.2 Å². The lowest BCUT2D eigenvalue weighted by molar-refractivity contribution is 0.0734. The summed E-state index contributed by atoms with van der Waals surface area (Å²) in [4.78, 5) is 26.0. The van der Waals surface area contributed by atoms with E-state index in [-0.39, 0.29) is 32.5 Å². The number of rotatable bonds is 8. The van der Waals surface area contributed by atoms with Crippen LogP contribution in [0.3, 0.4) is 0 Å². The first-order chi connectivity index (χ1) is 20.2. The summed E-state index contributed by atoms with van der Waals surface area (Å²) in [7, 11) is -4.00. The van der Waals surface area contributed by atoms with Crippen LogP contribution < -0.4 is 14.9 Å². The first-order valence-corrected chi connectivity index (χ1v) is 14.7. The predicted molar refractivity (Wildman–Crippen MR) is 164 cm³/mol. The number of hydrogen-bond acceptors (Lipinski definition) is 6. The van der Waals surface area contributed by atoms with Crippen LogP contribution >= 0.6 is 23.2 Å². The molecule has 0 saturated heterocycles. The molecule has 42 heavy (non-hydrogen) atoms. The van der Waals surface area contributed by atoms with Gasteiger partial charge in [0.1, 0.15) is 5.75 Å². The predicted octanol–water partition coefficient (Wildman–Crippen LogP) is 6.93. The molecule has 5 rings (SSSR count). The zero-order chi connectivity index (χ0) is 29.7. The van der Waals surface area contributed by atoms with Crippen molar-refractivity contribution in [3.05, 3.63) is 136 Å². The Balaban J connectivity index is 1.40. The molecule has 0 bridgehead atoms. The van der Waals surface area contributed by atoms with E-state index in [1.54, 1.807) is 48.5 Å². The van der Waals surface area contributed by atoms with E-state index in [0.717, 1.165) is 10.8 Å². The molecule has 0 aromatic heterocycles. The highest BCUT2D eigenvalue weighted by Crippen LogP contribution is 2.28. The van der Waals surface area contributed by atoms with Gasteiger partial charge in [0.25, 0.3) is 15.9 Å². The zero-order valence-electron chi connectivity index (χ0n) is 21.6. The largest absolute Gasteiger partial charge is 0.422 e. The van der Waals surface area contributed by atoms with Crippen LogP contribution in [0.5, 0.6) is 5.75 Å². The molecule has 0 spiro atoms. The lowest BCUT2D eigenvalue weighted by Gasteiger charge is -2.12. The summed E-state index contributed by atoms with van der Waals surface area (Å²) in [6.45, 7) is 0. The number of hydrazone groups is 1. The number of sulfonamides is 1. The second-order valence-electron chi connectivity index (χ2n) is 8.87. The van der Waals surface area contributed by atoms with Gasteiger partial charge in [-0.2, -0.15) is 5.10 Å². The number of carbonyl (C=O) groups excluding carboxylic acids is 2. The Morgan fingerprint density at radius 1 is 0.762 bits per heavy atom. The van der Waals surface area contributed by atoms with Crippen molar-refractivity contribution in [2.75, 3.05) is 4.72 Å². The van der Waals surface area contributed by atoms with E-state index in [0.29, 0.717) is 10.6 Å². The number of carbonyl (C=O) groups is 2. The molecule has 8 nitrogen and oxygen atoms in total. The molecule has 210 valence electrons. The Morgan fingerprint density at radius 3 is 2.19 bits per heavy atom. The summed E-state index contributed by atoms with van der Waals surface area (Å²) in [6.07, 6.45) is 1.36. The molecule has 0 radical (unpaired) electrons. The molecule has 5 aromatic rings. The van der Waals surface area contributed by atoms with Crippen molar-refractivity contribution >= 4 is 67.8 Å². The summed E-state index contributed by atoms with van der Waals surface area (Å²) in [6, 6.07) is 29.1. The monoisotopic (exact) mass is 617 g/mol. The minimum atomic E-state index is -4.00. The number of benzene rings is 5. The standard InChI is InChI=1S/C31H21Cl2N3O5S/c32-21-14-16-22(17-15-21)42(39,40)36-28-12-6-4-10-25(28)30(37)35-34-19-26-23-8-2-1-7-20(23)13-18-29(26)41-31(38)24-9-3-5-11-27(24)33/h1-19,36H,(H,35,37). The molecule has 0 saturated carbocycles. The summed E-state index contributed by atoms with van der Waals surface area (Å²) in [5.74, 6) is -1.13. The highest BCUT2D eigenvalue weighted by Gasteiger charge is 2.19. The molecule has 2 N–H and O–H groups in total. The molecule has 0 aliphatic carbocycles. The Bertz CT molecular complexity index is 1940. The van der Waals surface area contributed by atoms with Crippen molar-refractivity contribution in [2.24, 2.45) is 5.10 Å². The number of esters is 1. The lowest BCUT2D eigenvalue weighted by atomic mass is 10.0. The number of amides is 1. The van der Waals surface area contributed by atoms with Crippen LogP contribution in [0.4, 0.5) is 5.69 Å². The molecule has 0 aliphatic heterocycles. The number of para-hydroxylation sites is 1. The van der Waals surface area contributed by atoms with Gasteiger partial charge in [-0.3, -0.25) is 9.52 Å². The van der Waals surface area contributed by atoms with Gasteiger partial charge in [0.2, 0.25) is 0 Å². The van der Waals surface area contributed by atoms with Gasteiger partial charge in [-0.1, -0.05) is 77.8 Å². The number of fused-ring (bicyclic) bond motifs is 1. The van der Waals surface area contributed by atoms with E-state index < -0.39 is 21.9 Å². The van der Waals surface area contributed by atoms with Gasteiger partial charge in [0.15, 0.2) is 0 Å². The number of halogens is 2. The third-order valence-corrected chi connectivity index (χ3v) is 8.09. The molecule has 5 aromatic carbocycles. The highest BCUT2D eigenvalue weighted by atomic mass is 35.5. The molecule has 0 fully saturated rings. The molecule has 0 atom stereocenters. The van der Waals surface area contributed by atoms with E-state index in [9.17, 15) is 18.0 Å². The van der Waals surface area contributed by atoms with Crippen molar-refractivity contribution in [3.8, 4) is 5.75 Å². The minimum Gasteiger partial charge on any atom is -0.422 e. The number of ether oxygens (including phenoxy) is 1. The van der Waals surface area contributed by atoms with Crippen LogP contribution in [0.1, 0.15) is 26.3 Å². The number of nitrogens with one attached hydrogen (secondary N) is 2. The fourth-order valence-corrected chi connectivity index (χ4v) is 5.50. The van der Waals surface area contributed by atoms with E-state index >= 15 is 0 Å². The molecule has 0 aliphatic rings. The smallest absolute Gasteiger partial charge is 0.345 e. The molecule has 0 unspecified atom stereocenters.